The topological polar surface area (TPSA) is 69.7 Å². The minimum absolute atomic E-state index is 0.151. The van der Waals surface area contributed by atoms with Gasteiger partial charge in [-0.15, -0.1) is 0 Å². The number of benzene rings is 2. The number of hydrogen-bond donors (Lipinski definition) is 1. The van der Waals surface area contributed by atoms with Gasteiger partial charge in [0.25, 0.3) is 5.91 Å². The molecule has 0 radical (unpaired) electrons. The van der Waals surface area contributed by atoms with E-state index in [9.17, 15) is 18.8 Å². The SMILES string of the molecule is Cc1ccc2c(c1)C[C@@]1(CN2C)C(=O)NC(=O)N(c2ccc(F)cc2)C1=O. The number of carbonyl (C=O) groups excluding carboxylic acids is 3. The highest BCUT2D eigenvalue weighted by Crippen LogP contribution is 2.40. The van der Waals surface area contributed by atoms with Crippen LogP contribution in [0.15, 0.2) is 42.5 Å². The first-order valence-corrected chi connectivity index (χ1v) is 8.58. The molecule has 0 aromatic heterocycles. The second kappa shape index (κ2) is 5.90. The molecule has 0 bridgehead atoms. The first-order valence-electron chi connectivity index (χ1n) is 8.58. The number of halogens is 1. The molecule has 27 heavy (non-hydrogen) atoms. The van der Waals surface area contributed by atoms with E-state index in [4.69, 9.17) is 0 Å². The summed E-state index contributed by atoms with van der Waals surface area (Å²) in [5, 5.41) is 2.31. The Balaban J connectivity index is 1.80. The minimum Gasteiger partial charge on any atom is -0.373 e. The Morgan fingerprint density at radius 1 is 1.07 bits per heavy atom. The van der Waals surface area contributed by atoms with Crippen LogP contribution in [0.4, 0.5) is 20.6 Å². The van der Waals surface area contributed by atoms with Gasteiger partial charge in [-0.3, -0.25) is 14.9 Å². The molecule has 1 N–H and O–H groups in total. The third-order valence-corrected chi connectivity index (χ3v) is 5.20. The average molecular weight is 367 g/mol. The molecule has 7 heteroatoms. The molecule has 2 aliphatic heterocycles. The van der Waals surface area contributed by atoms with E-state index < -0.39 is 29.1 Å². The molecule has 4 amide bonds. The molecule has 2 aromatic rings. The smallest absolute Gasteiger partial charge is 0.335 e. The van der Waals surface area contributed by atoms with E-state index in [2.05, 4.69) is 5.32 Å². The number of barbiturate groups is 1. The van der Waals surface area contributed by atoms with E-state index in [1.54, 1.807) is 0 Å². The van der Waals surface area contributed by atoms with Crippen LogP contribution in [0.5, 0.6) is 0 Å². The predicted octanol–water partition coefficient (Wildman–Crippen LogP) is 2.40. The first-order chi connectivity index (χ1) is 12.8. The Hall–Kier alpha value is -3.22. The van der Waals surface area contributed by atoms with Gasteiger partial charge < -0.3 is 4.90 Å². The zero-order valence-corrected chi connectivity index (χ0v) is 15.0. The van der Waals surface area contributed by atoms with Crippen LogP contribution in [0.3, 0.4) is 0 Å². The number of fused-ring (bicyclic) bond motifs is 1. The average Bonchev–Trinajstić information content (AvgIpc) is 2.61. The highest BCUT2D eigenvalue weighted by molar-refractivity contribution is 6.30. The van der Waals surface area contributed by atoms with Crippen molar-refractivity contribution in [2.24, 2.45) is 5.41 Å². The van der Waals surface area contributed by atoms with Gasteiger partial charge in [-0.2, -0.15) is 0 Å². The molecule has 1 saturated heterocycles. The van der Waals surface area contributed by atoms with Gasteiger partial charge in [0.2, 0.25) is 5.91 Å². The molecule has 1 atom stereocenters. The molecule has 1 spiro atoms. The molecule has 138 valence electrons. The maximum Gasteiger partial charge on any atom is 0.335 e. The van der Waals surface area contributed by atoms with Gasteiger partial charge in [0.05, 0.1) is 5.69 Å². The lowest BCUT2D eigenvalue weighted by molar-refractivity contribution is -0.142. The Kier molecular flexibility index (Phi) is 3.76. The van der Waals surface area contributed by atoms with Gasteiger partial charge in [0, 0.05) is 19.3 Å². The van der Waals surface area contributed by atoms with Gasteiger partial charge >= 0.3 is 6.03 Å². The number of amides is 4. The highest BCUT2D eigenvalue weighted by atomic mass is 19.1. The normalized spacial score (nSPS) is 22.1. The van der Waals surface area contributed by atoms with Crippen LogP contribution in [-0.2, 0) is 16.0 Å². The molecule has 1 fully saturated rings. The van der Waals surface area contributed by atoms with Gasteiger partial charge in [-0.1, -0.05) is 17.7 Å². The van der Waals surface area contributed by atoms with Crippen molar-refractivity contribution >= 4 is 29.2 Å². The van der Waals surface area contributed by atoms with Crippen molar-refractivity contribution in [3.8, 4) is 0 Å². The second-order valence-corrected chi connectivity index (χ2v) is 7.12. The number of hydrogen-bond acceptors (Lipinski definition) is 4. The quantitative estimate of drug-likeness (QED) is 0.786. The van der Waals surface area contributed by atoms with Crippen LogP contribution in [0.25, 0.3) is 0 Å². The lowest BCUT2D eigenvalue weighted by Crippen LogP contribution is -2.68. The van der Waals surface area contributed by atoms with Crippen molar-refractivity contribution in [3.63, 3.8) is 0 Å². The Morgan fingerprint density at radius 2 is 1.78 bits per heavy atom. The van der Waals surface area contributed by atoms with Gasteiger partial charge in [-0.05, 0) is 49.2 Å². The molecule has 4 rings (SSSR count). The summed E-state index contributed by atoms with van der Waals surface area (Å²) in [4.78, 5) is 41.3. The van der Waals surface area contributed by atoms with Gasteiger partial charge in [0.1, 0.15) is 5.82 Å². The van der Waals surface area contributed by atoms with Crippen molar-refractivity contribution in [1.29, 1.82) is 0 Å². The maximum absolute atomic E-state index is 13.4. The Morgan fingerprint density at radius 3 is 2.48 bits per heavy atom. The number of anilines is 2. The summed E-state index contributed by atoms with van der Waals surface area (Å²) in [6.45, 7) is 2.09. The van der Waals surface area contributed by atoms with E-state index in [1.165, 1.54) is 24.3 Å². The van der Waals surface area contributed by atoms with Crippen molar-refractivity contribution in [3.05, 3.63) is 59.4 Å². The van der Waals surface area contributed by atoms with Crippen LogP contribution >= 0.6 is 0 Å². The number of nitrogens with zero attached hydrogens (tertiary/aromatic N) is 2. The fourth-order valence-electron chi connectivity index (χ4n) is 3.90. The summed E-state index contributed by atoms with van der Waals surface area (Å²) >= 11 is 0. The molecule has 2 heterocycles. The molecule has 6 nitrogen and oxygen atoms in total. The predicted molar refractivity (Wildman–Crippen MR) is 98.0 cm³/mol. The van der Waals surface area contributed by atoms with Crippen LogP contribution in [0.2, 0.25) is 0 Å². The standard InChI is InChI=1S/C20H18FN3O3/c1-12-3-8-16-13(9-12)10-20(11-23(16)2)17(25)22-19(27)24(18(20)26)15-6-4-14(21)5-7-15/h3-9H,10-11H2,1-2H3,(H,22,25,27)/t20-/m1/s1. The minimum atomic E-state index is -1.42. The van der Waals surface area contributed by atoms with Crippen molar-refractivity contribution in [2.45, 2.75) is 13.3 Å². The molecule has 2 aromatic carbocycles. The summed E-state index contributed by atoms with van der Waals surface area (Å²) in [5.41, 5.74) is 1.66. The van der Waals surface area contributed by atoms with Crippen LogP contribution in [-0.4, -0.2) is 31.4 Å². The van der Waals surface area contributed by atoms with Crippen LogP contribution in [0.1, 0.15) is 11.1 Å². The van der Waals surface area contributed by atoms with E-state index in [0.29, 0.717) is 0 Å². The number of nitrogens with one attached hydrogen (secondary N) is 1. The second-order valence-electron chi connectivity index (χ2n) is 7.12. The molecule has 0 unspecified atom stereocenters. The number of aryl methyl sites for hydroxylation is 1. The Bertz CT molecular complexity index is 973. The number of urea groups is 1. The fourth-order valence-corrected chi connectivity index (χ4v) is 3.90. The van der Waals surface area contributed by atoms with E-state index >= 15 is 0 Å². The zero-order chi connectivity index (χ0) is 19.3. The monoisotopic (exact) mass is 367 g/mol. The number of imide groups is 2. The van der Waals surface area contributed by atoms with Crippen molar-refractivity contribution in [2.75, 3.05) is 23.4 Å². The molecule has 0 aliphatic carbocycles. The largest absolute Gasteiger partial charge is 0.373 e. The van der Waals surface area contributed by atoms with Crippen LogP contribution in [0, 0.1) is 18.2 Å². The maximum atomic E-state index is 13.4. The lowest BCUT2D eigenvalue weighted by atomic mass is 9.74. The molecule has 0 saturated carbocycles. The summed E-state index contributed by atoms with van der Waals surface area (Å²) < 4.78 is 13.2. The van der Waals surface area contributed by atoms with E-state index in [-0.39, 0.29) is 18.7 Å². The third kappa shape index (κ3) is 2.58. The summed E-state index contributed by atoms with van der Waals surface area (Å²) in [6.07, 6.45) is 0.198. The van der Waals surface area contributed by atoms with Crippen molar-refractivity contribution in [1.82, 2.24) is 5.32 Å². The number of carbonyl (C=O) groups is 3. The molecular formula is C20H18FN3O3. The van der Waals surface area contributed by atoms with E-state index in [0.717, 1.165) is 21.7 Å². The first kappa shape index (κ1) is 17.2. The van der Waals surface area contributed by atoms with Gasteiger partial charge in [0.15, 0.2) is 5.41 Å². The third-order valence-electron chi connectivity index (χ3n) is 5.20. The highest BCUT2D eigenvalue weighted by Gasteiger charge is 2.56. The summed E-state index contributed by atoms with van der Waals surface area (Å²) in [6, 6.07) is 10.1. The lowest BCUT2D eigenvalue weighted by Gasteiger charge is -2.45. The summed E-state index contributed by atoms with van der Waals surface area (Å²) in [7, 11) is 1.81. The van der Waals surface area contributed by atoms with E-state index in [1.807, 2.05) is 37.1 Å². The van der Waals surface area contributed by atoms with Crippen molar-refractivity contribution < 1.29 is 18.8 Å². The molecular weight excluding hydrogens is 349 g/mol. The fraction of sp³-hybridized carbons (Fsp3) is 0.250. The Labute approximate surface area is 155 Å². The zero-order valence-electron chi connectivity index (χ0n) is 15.0. The molecule has 2 aliphatic rings. The van der Waals surface area contributed by atoms with Crippen LogP contribution < -0.4 is 15.1 Å². The number of rotatable bonds is 1. The summed E-state index contributed by atoms with van der Waals surface area (Å²) in [5.74, 6) is -1.67. The van der Waals surface area contributed by atoms with Gasteiger partial charge in [-0.25, -0.2) is 14.1 Å².